The molecule has 7 nitrogen and oxygen atoms in total. The van der Waals surface area contributed by atoms with E-state index >= 15 is 0 Å². The lowest BCUT2D eigenvalue weighted by atomic mass is 10.0. The maximum Gasteiger partial charge on any atom is 0.416 e. The van der Waals surface area contributed by atoms with Crippen LogP contribution < -0.4 is 21.5 Å². The standard InChI is InChI=1S/C22H23F4N5O2/c1-12(13-7-14(22(24,25)26)9-15(27)8-13)29-20-16-10-18(31-3-5-33-6-4-31)21(32)30(2)19(16)17(23)11-28-20/h7-12H,3-6,27H2,1-2H3,(H,28,29)/t12-/m1/s1. The van der Waals surface area contributed by atoms with Gasteiger partial charge >= 0.3 is 6.18 Å². The Morgan fingerprint density at radius 1 is 1.18 bits per heavy atom. The van der Waals surface area contributed by atoms with Crippen LogP contribution in [0, 0.1) is 5.82 Å². The quantitative estimate of drug-likeness (QED) is 0.452. The zero-order valence-corrected chi connectivity index (χ0v) is 18.0. The number of nitrogen functional groups attached to an aromatic ring is 1. The molecule has 1 aliphatic rings. The predicted molar refractivity (Wildman–Crippen MR) is 118 cm³/mol. The third-order valence-corrected chi connectivity index (χ3v) is 5.69. The molecular formula is C22H23F4N5O2. The van der Waals surface area contributed by atoms with Gasteiger partial charge in [-0.15, -0.1) is 0 Å². The van der Waals surface area contributed by atoms with Crippen molar-refractivity contribution in [1.29, 1.82) is 0 Å². The van der Waals surface area contributed by atoms with Gasteiger partial charge in [0, 0.05) is 31.2 Å². The van der Waals surface area contributed by atoms with Gasteiger partial charge in [0.15, 0.2) is 5.82 Å². The first-order chi connectivity index (χ1) is 15.6. The van der Waals surface area contributed by atoms with Crippen molar-refractivity contribution in [1.82, 2.24) is 9.55 Å². The van der Waals surface area contributed by atoms with Crippen LogP contribution in [0.5, 0.6) is 0 Å². The molecule has 1 aromatic carbocycles. The van der Waals surface area contributed by atoms with E-state index in [2.05, 4.69) is 10.3 Å². The third-order valence-electron chi connectivity index (χ3n) is 5.69. The number of alkyl halides is 3. The van der Waals surface area contributed by atoms with E-state index in [1.807, 2.05) is 4.90 Å². The molecule has 0 amide bonds. The molecule has 3 aromatic rings. The van der Waals surface area contributed by atoms with Crippen molar-refractivity contribution in [2.24, 2.45) is 7.05 Å². The van der Waals surface area contributed by atoms with Gasteiger partial charge < -0.3 is 25.3 Å². The monoisotopic (exact) mass is 465 g/mol. The zero-order valence-electron chi connectivity index (χ0n) is 18.0. The van der Waals surface area contributed by atoms with Crippen molar-refractivity contribution >= 4 is 28.1 Å². The molecular weight excluding hydrogens is 442 g/mol. The van der Waals surface area contributed by atoms with Gasteiger partial charge in [-0.2, -0.15) is 13.2 Å². The first kappa shape index (κ1) is 22.8. The molecule has 0 bridgehead atoms. The Morgan fingerprint density at radius 3 is 2.55 bits per heavy atom. The van der Waals surface area contributed by atoms with Crippen molar-refractivity contribution < 1.29 is 22.3 Å². The van der Waals surface area contributed by atoms with Crippen LogP contribution in [0.2, 0.25) is 0 Å². The second kappa shape index (κ2) is 8.54. The third kappa shape index (κ3) is 4.45. The fourth-order valence-electron chi connectivity index (χ4n) is 3.97. The first-order valence-electron chi connectivity index (χ1n) is 10.3. The van der Waals surface area contributed by atoms with Crippen molar-refractivity contribution in [2.45, 2.75) is 19.1 Å². The maximum absolute atomic E-state index is 14.7. The first-order valence-corrected chi connectivity index (χ1v) is 10.3. The van der Waals surface area contributed by atoms with Crippen LogP contribution in [0.1, 0.15) is 24.1 Å². The van der Waals surface area contributed by atoms with Crippen LogP contribution in [0.4, 0.5) is 34.8 Å². The summed E-state index contributed by atoms with van der Waals surface area (Å²) in [5.41, 5.74) is 5.15. The van der Waals surface area contributed by atoms with Gasteiger partial charge in [0.2, 0.25) is 0 Å². The molecule has 2 aromatic heterocycles. The number of halogens is 4. The fourth-order valence-corrected chi connectivity index (χ4v) is 3.97. The number of ether oxygens (including phenoxy) is 1. The summed E-state index contributed by atoms with van der Waals surface area (Å²) in [4.78, 5) is 18.9. The topological polar surface area (TPSA) is 85.4 Å². The van der Waals surface area contributed by atoms with Crippen LogP contribution in [-0.2, 0) is 18.0 Å². The second-order valence-electron chi connectivity index (χ2n) is 7.96. The normalized spacial score (nSPS) is 15.6. The molecule has 11 heteroatoms. The van der Waals surface area contributed by atoms with E-state index in [1.165, 1.54) is 17.7 Å². The number of benzene rings is 1. The summed E-state index contributed by atoms with van der Waals surface area (Å²) in [7, 11) is 1.47. The van der Waals surface area contributed by atoms with E-state index in [0.29, 0.717) is 42.9 Å². The predicted octanol–water partition coefficient (Wildman–Crippen LogP) is 3.68. The number of pyridine rings is 2. The number of aryl methyl sites for hydroxylation is 1. The minimum absolute atomic E-state index is 0.0256. The number of morpholine rings is 1. The van der Waals surface area contributed by atoms with Gasteiger partial charge in [0.25, 0.3) is 5.56 Å². The molecule has 3 N–H and O–H groups in total. The van der Waals surface area contributed by atoms with Crippen molar-refractivity contribution in [3.63, 3.8) is 0 Å². The molecule has 1 saturated heterocycles. The highest BCUT2D eigenvalue weighted by Crippen LogP contribution is 2.34. The summed E-state index contributed by atoms with van der Waals surface area (Å²) in [6, 6.07) is 4.24. The molecule has 0 unspecified atom stereocenters. The number of hydrogen-bond donors (Lipinski definition) is 2. The molecule has 1 atom stereocenters. The van der Waals surface area contributed by atoms with Gasteiger partial charge in [-0.3, -0.25) is 4.79 Å². The number of aromatic nitrogens is 2. The number of anilines is 3. The molecule has 33 heavy (non-hydrogen) atoms. The summed E-state index contributed by atoms with van der Waals surface area (Å²) in [6.07, 6.45) is -3.57. The highest BCUT2D eigenvalue weighted by molar-refractivity contribution is 5.92. The van der Waals surface area contributed by atoms with Gasteiger partial charge in [-0.05, 0) is 36.8 Å². The number of hydrogen-bond acceptors (Lipinski definition) is 6. The summed E-state index contributed by atoms with van der Waals surface area (Å²) in [5.74, 6) is -0.445. The molecule has 0 spiro atoms. The number of nitrogens with zero attached hydrogens (tertiary/aromatic N) is 3. The van der Waals surface area contributed by atoms with Crippen LogP contribution in [0.15, 0.2) is 35.3 Å². The Kier molecular flexibility index (Phi) is 5.91. The van der Waals surface area contributed by atoms with E-state index in [-0.39, 0.29) is 22.6 Å². The molecule has 1 fully saturated rings. The van der Waals surface area contributed by atoms with Crippen LogP contribution in [0.3, 0.4) is 0 Å². The molecule has 4 rings (SSSR count). The van der Waals surface area contributed by atoms with Crippen LogP contribution in [0.25, 0.3) is 10.9 Å². The number of fused-ring (bicyclic) bond motifs is 1. The molecule has 176 valence electrons. The van der Waals surface area contributed by atoms with Crippen molar-refractivity contribution in [3.05, 3.63) is 57.8 Å². The highest BCUT2D eigenvalue weighted by atomic mass is 19.4. The lowest BCUT2D eigenvalue weighted by Crippen LogP contribution is -2.40. The lowest BCUT2D eigenvalue weighted by Gasteiger charge is -2.29. The van der Waals surface area contributed by atoms with Gasteiger partial charge in [-0.1, -0.05) is 0 Å². The SMILES string of the molecule is C[C@@H](Nc1ncc(F)c2c1cc(N1CCOCC1)c(=O)n2C)c1cc(N)cc(C(F)(F)F)c1. The van der Waals surface area contributed by atoms with E-state index in [0.717, 1.165) is 18.3 Å². The van der Waals surface area contributed by atoms with Gasteiger partial charge in [0.1, 0.15) is 11.5 Å². The average Bonchev–Trinajstić information content (AvgIpc) is 2.77. The van der Waals surface area contributed by atoms with E-state index in [4.69, 9.17) is 10.5 Å². The lowest BCUT2D eigenvalue weighted by molar-refractivity contribution is -0.137. The van der Waals surface area contributed by atoms with Gasteiger partial charge in [-0.25, -0.2) is 9.37 Å². The summed E-state index contributed by atoms with van der Waals surface area (Å²) in [6.45, 7) is 3.58. The molecule has 0 aliphatic carbocycles. The minimum Gasteiger partial charge on any atom is -0.399 e. The molecule has 0 radical (unpaired) electrons. The zero-order chi connectivity index (χ0) is 23.9. The van der Waals surface area contributed by atoms with Gasteiger partial charge in [0.05, 0.1) is 36.5 Å². The highest BCUT2D eigenvalue weighted by Gasteiger charge is 2.31. The van der Waals surface area contributed by atoms with Crippen LogP contribution >= 0.6 is 0 Å². The molecule has 3 heterocycles. The van der Waals surface area contributed by atoms with E-state index in [9.17, 15) is 22.4 Å². The van der Waals surface area contributed by atoms with Crippen molar-refractivity contribution in [3.8, 4) is 0 Å². The Labute approximate surface area is 186 Å². The largest absolute Gasteiger partial charge is 0.416 e. The van der Waals surface area contributed by atoms with E-state index in [1.54, 1.807) is 13.0 Å². The Hall–Kier alpha value is -3.34. The Bertz CT molecular complexity index is 1250. The summed E-state index contributed by atoms with van der Waals surface area (Å²) in [5, 5.41) is 3.39. The number of nitrogens with two attached hydrogens (primary N) is 1. The van der Waals surface area contributed by atoms with E-state index < -0.39 is 23.6 Å². The number of nitrogens with one attached hydrogen (secondary N) is 1. The fraction of sp³-hybridized carbons (Fsp3) is 0.364. The minimum atomic E-state index is -4.55. The Morgan fingerprint density at radius 2 is 1.88 bits per heavy atom. The Balaban J connectivity index is 1.78. The summed E-state index contributed by atoms with van der Waals surface area (Å²) >= 11 is 0. The average molecular weight is 465 g/mol. The van der Waals surface area contributed by atoms with Crippen molar-refractivity contribution in [2.75, 3.05) is 42.3 Å². The molecule has 0 saturated carbocycles. The maximum atomic E-state index is 14.7. The molecule has 1 aliphatic heterocycles. The smallest absolute Gasteiger partial charge is 0.399 e. The van der Waals surface area contributed by atoms with Crippen LogP contribution in [-0.4, -0.2) is 35.9 Å². The number of rotatable bonds is 4. The summed E-state index contributed by atoms with van der Waals surface area (Å²) < 4.78 is 60.9. The second-order valence-corrected chi connectivity index (χ2v) is 7.96.